The molecule has 0 aliphatic carbocycles. The third-order valence-electron chi connectivity index (χ3n) is 4.59. The Morgan fingerprint density at radius 2 is 1.27 bits per heavy atom. The fraction of sp³-hybridized carbons (Fsp3) is 0.700. The highest BCUT2D eigenvalue weighted by Crippen LogP contribution is 2.09. The second-order valence-corrected chi connectivity index (χ2v) is 8.46. The van der Waals surface area contributed by atoms with E-state index >= 15 is 0 Å². The number of carboxylic acid groups (broad SMARTS) is 3. The molecule has 188 valence electrons. The summed E-state index contributed by atoms with van der Waals surface area (Å²) in [5, 5.41) is 34.0. The summed E-state index contributed by atoms with van der Waals surface area (Å²) in [6.45, 7) is 6.73. The molecule has 3 amide bonds. The lowest BCUT2D eigenvalue weighted by molar-refractivity contribution is -0.144. The minimum atomic E-state index is -1.59. The van der Waals surface area contributed by atoms with Crippen molar-refractivity contribution in [3.05, 3.63) is 0 Å². The molecule has 0 radical (unpaired) electrons. The lowest BCUT2D eigenvalue weighted by Gasteiger charge is -2.26. The molecule has 33 heavy (non-hydrogen) atoms. The first-order valence-corrected chi connectivity index (χ1v) is 10.5. The van der Waals surface area contributed by atoms with Gasteiger partial charge in [-0.3, -0.25) is 24.0 Å². The van der Waals surface area contributed by atoms with Crippen LogP contribution in [0.2, 0.25) is 0 Å². The van der Waals surface area contributed by atoms with E-state index in [4.69, 9.17) is 15.9 Å². The van der Waals surface area contributed by atoms with Gasteiger partial charge in [0.15, 0.2) is 0 Å². The molecule has 13 heteroatoms. The molecule has 0 heterocycles. The first kappa shape index (κ1) is 29.8. The zero-order valence-electron chi connectivity index (χ0n) is 19.2. The molecule has 0 aromatic heterocycles. The van der Waals surface area contributed by atoms with E-state index in [1.165, 1.54) is 0 Å². The fourth-order valence-corrected chi connectivity index (χ4v) is 2.82. The maximum atomic E-state index is 12.7. The van der Waals surface area contributed by atoms with Crippen LogP contribution in [0.3, 0.4) is 0 Å². The normalized spacial score (nSPS) is 14.6. The van der Waals surface area contributed by atoms with Crippen molar-refractivity contribution in [2.45, 2.75) is 77.5 Å². The summed E-state index contributed by atoms with van der Waals surface area (Å²) >= 11 is 0. The van der Waals surface area contributed by atoms with E-state index in [9.17, 15) is 33.9 Å². The second-order valence-electron chi connectivity index (χ2n) is 8.46. The van der Waals surface area contributed by atoms with Crippen LogP contribution in [0.4, 0.5) is 0 Å². The summed E-state index contributed by atoms with van der Waals surface area (Å²) < 4.78 is 0. The topological polar surface area (TPSA) is 225 Å². The molecule has 0 spiro atoms. The maximum Gasteiger partial charge on any atom is 0.326 e. The smallest absolute Gasteiger partial charge is 0.326 e. The lowest BCUT2D eigenvalue weighted by atomic mass is 10.00. The van der Waals surface area contributed by atoms with Gasteiger partial charge in [0, 0.05) is 6.42 Å². The predicted molar refractivity (Wildman–Crippen MR) is 115 cm³/mol. The second kappa shape index (κ2) is 14.0. The summed E-state index contributed by atoms with van der Waals surface area (Å²) in [6.07, 6.45) is -1.33. The fourth-order valence-electron chi connectivity index (χ4n) is 2.82. The Balaban J connectivity index is 5.49. The molecule has 0 fully saturated rings. The van der Waals surface area contributed by atoms with Gasteiger partial charge in [-0.15, -0.1) is 0 Å². The molecule has 0 aromatic carbocycles. The van der Waals surface area contributed by atoms with Gasteiger partial charge in [-0.1, -0.05) is 27.7 Å². The molecule has 0 aromatic rings. The molecule has 0 rings (SSSR count). The van der Waals surface area contributed by atoms with Crippen LogP contribution in [0.15, 0.2) is 0 Å². The van der Waals surface area contributed by atoms with Crippen LogP contribution in [0.25, 0.3) is 0 Å². The average molecular weight is 475 g/mol. The molecule has 0 saturated heterocycles. The predicted octanol–water partition coefficient (Wildman–Crippen LogP) is -1.11. The number of hydrogen-bond acceptors (Lipinski definition) is 7. The number of nitrogens with one attached hydrogen (secondary N) is 3. The Kier molecular flexibility index (Phi) is 12.7. The van der Waals surface area contributed by atoms with E-state index in [1.54, 1.807) is 27.7 Å². The van der Waals surface area contributed by atoms with E-state index in [0.29, 0.717) is 0 Å². The van der Waals surface area contributed by atoms with Crippen molar-refractivity contribution in [1.29, 1.82) is 0 Å². The van der Waals surface area contributed by atoms with Crippen molar-refractivity contribution < 1.29 is 44.1 Å². The summed E-state index contributed by atoms with van der Waals surface area (Å²) in [7, 11) is 0. The first-order chi connectivity index (χ1) is 15.1. The third kappa shape index (κ3) is 11.8. The van der Waals surface area contributed by atoms with E-state index in [2.05, 4.69) is 16.0 Å². The van der Waals surface area contributed by atoms with Gasteiger partial charge in [0.25, 0.3) is 0 Å². The van der Waals surface area contributed by atoms with Crippen molar-refractivity contribution in [3.63, 3.8) is 0 Å². The largest absolute Gasteiger partial charge is 0.481 e. The zero-order valence-corrected chi connectivity index (χ0v) is 19.2. The van der Waals surface area contributed by atoms with Gasteiger partial charge in [-0.25, -0.2) is 4.79 Å². The van der Waals surface area contributed by atoms with E-state index in [-0.39, 0.29) is 18.8 Å². The van der Waals surface area contributed by atoms with Gasteiger partial charge in [-0.05, 0) is 24.7 Å². The quantitative estimate of drug-likeness (QED) is 0.151. The number of nitrogens with two attached hydrogens (primary N) is 1. The standard InChI is InChI=1S/C20H34N4O9/c1-9(2)7-12(19(31)24-16(10(3)4)20(32)33)23-18(30)13(8-15(27)28)22-17(29)11(21)5-6-14(25)26/h9-13,16H,5-8,21H2,1-4H3,(H,22,29)(H,23,30)(H,24,31)(H,25,26)(H,27,28)(H,32,33). The molecule has 0 saturated carbocycles. The Bertz CT molecular complexity index is 739. The van der Waals surface area contributed by atoms with Crippen LogP contribution in [0.1, 0.15) is 53.4 Å². The SMILES string of the molecule is CC(C)CC(NC(=O)C(CC(=O)O)NC(=O)C(N)CCC(=O)O)C(=O)NC(C(=O)O)C(C)C. The van der Waals surface area contributed by atoms with Crippen molar-refractivity contribution in [3.8, 4) is 0 Å². The summed E-state index contributed by atoms with van der Waals surface area (Å²) in [5.41, 5.74) is 5.60. The highest BCUT2D eigenvalue weighted by molar-refractivity contribution is 5.95. The van der Waals surface area contributed by atoms with Crippen LogP contribution in [0.5, 0.6) is 0 Å². The highest BCUT2D eigenvalue weighted by Gasteiger charge is 2.32. The number of carboxylic acids is 3. The van der Waals surface area contributed by atoms with Crippen LogP contribution in [0, 0.1) is 11.8 Å². The summed E-state index contributed by atoms with van der Waals surface area (Å²) in [4.78, 5) is 70.8. The number of amides is 3. The summed E-state index contributed by atoms with van der Waals surface area (Å²) in [6, 6.07) is -5.27. The number of carbonyl (C=O) groups is 6. The van der Waals surface area contributed by atoms with Gasteiger partial charge in [0.2, 0.25) is 17.7 Å². The molecule has 0 aliphatic heterocycles. The Morgan fingerprint density at radius 3 is 1.70 bits per heavy atom. The number of carbonyl (C=O) groups excluding carboxylic acids is 3. The number of hydrogen-bond donors (Lipinski definition) is 7. The Morgan fingerprint density at radius 1 is 0.758 bits per heavy atom. The molecule has 4 atom stereocenters. The molecule has 0 bridgehead atoms. The van der Waals surface area contributed by atoms with E-state index in [0.717, 1.165) is 0 Å². The average Bonchev–Trinajstić information content (AvgIpc) is 2.67. The van der Waals surface area contributed by atoms with Crippen LogP contribution < -0.4 is 21.7 Å². The molecule has 0 aliphatic rings. The Hall–Kier alpha value is -3.22. The molecular weight excluding hydrogens is 440 g/mol. The molecule has 13 nitrogen and oxygen atoms in total. The highest BCUT2D eigenvalue weighted by atomic mass is 16.4. The minimum Gasteiger partial charge on any atom is -0.481 e. The van der Waals surface area contributed by atoms with Gasteiger partial charge in [-0.2, -0.15) is 0 Å². The molecular formula is C20H34N4O9. The van der Waals surface area contributed by atoms with Crippen molar-refractivity contribution >= 4 is 35.6 Å². The maximum absolute atomic E-state index is 12.7. The van der Waals surface area contributed by atoms with E-state index in [1.807, 2.05) is 0 Å². The van der Waals surface area contributed by atoms with Crippen molar-refractivity contribution in [2.75, 3.05) is 0 Å². The first-order valence-electron chi connectivity index (χ1n) is 10.5. The number of rotatable bonds is 15. The van der Waals surface area contributed by atoms with Crippen LogP contribution in [-0.2, 0) is 28.8 Å². The third-order valence-corrected chi connectivity index (χ3v) is 4.59. The van der Waals surface area contributed by atoms with Gasteiger partial charge >= 0.3 is 17.9 Å². The molecule has 4 unspecified atom stereocenters. The Labute approximate surface area is 191 Å². The lowest BCUT2D eigenvalue weighted by Crippen LogP contribution is -2.58. The van der Waals surface area contributed by atoms with Crippen molar-refractivity contribution in [1.82, 2.24) is 16.0 Å². The minimum absolute atomic E-state index is 0.0969. The van der Waals surface area contributed by atoms with Gasteiger partial charge < -0.3 is 37.0 Å². The van der Waals surface area contributed by atoms with Gasteiger partial charge in [0.1, 0.15) is 18.1 Å². The van der Waals surface area contributed by atoms with E-state index < -0.39 is 78.6 Å². The van der Waals surface area contributed by atoms with Crippen LogP contribution >= 0.6 is 0 Å². The van der Waals surface area contributed by atoms with Gasteiger partial charge in [0.05, 0.1) is 12.5 Å². The van der Waals surface area contributed by atoms with Crippen molar-refractivity contribution in [2.24, 2.45) is 17.6 Å². The zero-order chi connectivity index (χ0) is 25.9. The molecule has 8 N–H and O–H groups in total. The number of aliphatic carboxylic acids is 3. The monoisotopic (exact) mass is 474 g/mol. The van der Waals surface area contributed by atoms with Crippen LogP contribution in [-0.4, -0.2) is 75.1 Å². The summed E-state index contributed by atoms with van der Waals surface area (Å²) in [5.74, 6) is -7.04.